The number of carbonyl (C=O) groups excluding carboxylic acids is 1. The van der Waals surface area contributed by atoms with Gasteiger partial charge in [-0.2, -0.15) is 9.78 Å². The molecule has 1 saturated carbocycles. The Balaban J connectivity index is 1.56. The van der Waals surface area contributed by atoms with E-state index in [1.165, 1.54) is 23.3 Å². The van der Waals surface area contributed by atoms with E-state index in [0.29, 0.717) is 22.2 Å². The molecular formula is C20H17ClF3N5O2. The predicted molar refractivity (Wildman–Crippen MR) is 105 cm³/mol. The summed E-state index contributed by atoms with van der Waals surface area (Å²) in [5.74, 6) is 0.0200. The number of rotatable bonds is 6. The highest BCUT2D eigenvalue weighted by atomic mass is 35.5. The number of aromatic nitrogens is 4. The summed E-state index contributed by atoms with van der Waals surface area (Å²) in [6, 6.07) is 6.68. The van der Waals surface area contributed by atoms with E-state index in [9.17, 15) is 18.0 Å². The van der Waals surface area contributed by atoms with Crippen molar-refractivity contribution < 1.29 is 22.7 Å². The van der Waals surface area contributed by atoms with E-state index in [1.807, 2.05) is 0 Å². The van der Waals surface area contributed by atoms with Gasteiger partial charge in [-0.05, 0) is 61.6 Å². The molecule has 1 aliphatic carbocycles. The average molecular weight is 452 g/mol. The number of pyridine rings is 1. The molecule has 3 aromatic rings. The lowest BCUT2D eigenvalue weighted by Crippen LogP contribution is -2.29. The Morgan fingerprint density at radius 1 is 1.26 bits per heavy atom. The van der Waals surface area contributed by atoms with Gasteiger partial charge in [0, 0.05) is 11.8 Å². The maximum atomic E-state index is 12.8. The van der Waals surface area contributed by atoms with Gasteiger partial charge in [0.2, 0.25) is 0 Å². The molecule has 1 atom stereocenters. The SMILES string of the molecule is C[C@H](NC(=O)c1cc(OC(F)(F)F)cc(C2CC2)c1)c1ncnn1-c1ccc(Cl)cn1. The maximum absolute atomic E-state index is 12.8. The lowest BCUT2D eigenvalue weighted by atomic mass is 10.1. The second kappa shape index (κ2) is 8.18. The molecule has 0 bridgehead atoms. The quantitative estimate of drug-likeness (QED) is 0.593. The highest BCUT2D eigenvalue weighted by Gasteiger charge is 2.33. The summed E-state index contributed by atoms with van der Waals surface area (Å²) in [4.78, 5) is 21.2. The Hall–Kier alpha value is -3.14. The van der Waals surface area contributed by atoms with E-state index < -0.39 is 24.1 Å². The van der Waals surface area contributed by atoms with Crippen molar-refractivity contribution in [1.82, 2.24) is 25.1 Å². The molecule has 0 saturated heterocycles. The second-order valence-electron chi connectivity index (χ2n) is 7.17. The van der Waals surface area contributed by atoms with Gasteiger partial charge in [0.15, 0.2) is 11.6 Å². The minimum Gasteiger partial charge on any atom is -0.406 e. The fourth-order valence-corrected chi connectivity index (χ4v) is 3.27. The van der Waals surface area contributed by atoms with E-state index in [0.717, 1.165) is 18.9 Å². The molecule has 1 aromatic carbocycles. The van der Waals surface area contributed by atoms with Gasteiger partial charge in [0.25, 0.3) is 5.91 Å². The van der Waals surface area contributed by atoms with Crippen molar-refractivity contribution in [2.75, 3.05) is 0 Å². The first-order chi connectivity index (χ1) is 14.7. The van der Waals surface area contributed by atoms with Gasteiger partial charge in [0.05, 0.1) is 11.1 Å². The molecule has 2 aromatic heterocycles. The average Bonchev–Trinajstić information content (AvgIpc) is 3.43. The number of nitrogens with zero attached hydrogens (tertiary/aromatic N) is 4. The van der Waals surface area contributed by atoms with Gasteiger partial charge < -0.3 is 10.1 Å². The summed E-state index contributed by atoms with van der Waals surface area (Å²) in [5, 5.41) is 7.32. The lowest BCUT2D eigenvalue weighted by Gasteiger charge is -2.16. The third-order valence-corrected chi connectivity index (χ3v) is 4.93. The Labute approximate surface area is 180 Å². The van der Waals surface area contributed by atoms with Crippen molar-refractivity contribution in [1.29, 1.82) is 0 Å². The monoisotopic (exact) mass is 451 g/mol. The Bertz CT molecular complexity index is 1100. The smallest absolute Gasteiger partial charge is 0.406 e. The van der Waals surface area contributed by atoms with Crippen LogP contribution < -0.4 is 10.1 Å². The Morgan fingerprint density at radius 2 is 2.03 bits per heavy atom. The van der Waals surface area contributed by atoms with Crippen molar-refractivity contribution in [2.24, 2.45) is 0 Å². The minimum absolute atomic E-state index is 0.0752. The first-order valence-electron chi connectivity index (χ1n) is 9.43. The molecule has 1 fully saturated rings. The van der Waals surface area contributed by atoms with E-state index in [-0.39, 0.29) is 11.5 Å². The molecule has 1 aliphatic rings. The van der Waals surface area contributed by atoms with Crippen LogP contribution in [0.4, 0.5) is 13.2 Å². The molecule has 7 nitrogen and oxygen atoms in total. The van der Waals surface area contributed by atoms with Crippen LogP contribution in [0.3, 0.4) is 0 Å². The van der Waals surface area contributed by atoms with E-state index in [4.69, 9.17) is 11.6 Å². The van der Waals surface area contributed by atoms with Gasteiger partial charge in [0.1, 0.15) is 12.1 Å². The number of halogens is 4. The number of alkyl halides is 3. The summed E-state index contributed by atoms with van der Waals surface area (Å²) in [6.07, 6.45) is -0.339. The summed E-state index contributed by atoms with van der Waals surface area (Å²) < 4.78 is 43.6. The molecular weight excluding hydrogens is 435 g/mol. The van der Waals surface area contributed by atoms with Crippen LogP contribution in [0.25, 0.3) is 5.82 Å². The summed E-state index contributed by atoms with van der Waals surface area (Å²) in [6.45, 7) is 1.69. The summed E-state index contributed by atoms with van der Waals surface area (Å²) >= 11 is 5.86. The van der Waals surface area contributed by atoms with Gasteiger partial charge in [-0.25, -0.2) is 9.97 Å². The highest BCUT2D eigenvalue weighted by Crippen LogP contribution is 2.42. The van der Waals surface area contributed by atoms with E-state index in [1.54, 1.807) is 25.1 Å². The molecule has 0 aliphatic heterocycles. The zero-order valence-corrected chi connectivity index (χ0v) is 17.0. The molecule has 1 amide bonds. The topological polar surface area (TPSA) is 81.9 Å². The number of hydrogen-bond acceptors (Lipinski definition) is 5. The van der Waals surface area contributed by atoms with Crippen LogP contribution in [-0.2, 0) is 0 Å². The highest BCUT2D eigenvalue weighted by molar-refractivity contribution is 6.30. The Kier molecular flexibility index (Phi) is 5.57. The first kappa shape index (κ1) is 21.1. The molecule has 0 radical (unpaired) electrons. The second-order valence-corrected chi connectivity index (χ2v) is 7.61. The zero-order chi connectivity index (χ0) is 22.2. The maximum Gasteiger partial charge on any atom is 0.573 e. The van der Waals surface area contributed by atoms with Crippen LogP contribution >= 0.6 is 11.6 Å². The number of hydrogen-bond donors (Lipinski definition) is 1. The minimum atomic E-state index is -4.84. The van der Waals surface area contributed by atoms with Crippen LogP contribution in [0, 0.1) is 0 Å². The molecule has 2 heterocycles. The first-order valence-corrected chi connectivity index (χ1v) is 9.81. The van der Waals surface area contributed by atoms with E-state index >= 15 is 0 Å². The molecule has 11 heteroatoms. The number of benzene rings is 1. The molecule has 4 rings (SSSR count). The standard InChI is InChI=1S/C20H17ClF3N5O2/c1-11(18-26-10-27-29(18)17-5-4-15(21)9-25-17)28-19(30)14-6-13(12-2-3-12)7-16(8-14)31-20(22,23)24/h4-12H,2-3H2,1H3,(H,28,30)/t11-/m0/s1. The van der Waals surface area contributed by atoms with Gasteiger partial charge in [-0.3, -0.25) is 4.79 Å². The molecule has 31 heavy (non-hydrogen) atoms. The van der Waals surface area contributed by atoms with Crippen LogP contribution in [0.1, 0.15) is 53.5 Å². The van der Waals surface area contributed by atoms with Gasteiger partial charge in [-0.15, -0.1) is 13.2 Å². The number of carbonyl (C=O) groups is 1. The number of ether oxygens (including phenoxy) is 1. The number of amides is 1. The van der Waals surface area contributed by atoms with Gasteiger partial charge >= 0.3 is 6.36 Å². The summed E-state index contributed by atoms with van der Waals surface area (Å²) in [5.41, 5.74) is 0.722. The third kappa shape index (κ3) is 5.13. The van der Waals surface area contributed by atoms with Crippen molar-refractivity contribution in [2.45, 2.75) is 38.1 Å². The molecule has 0 spiro atoms. The lowest BCUT2D eigenvalue weighted by molar-refractivity contribution is -0.274. The van der Waals surface area contributed by atoms with Crippen molar-refractivity contribution in [3.8, 4) is 11.6 Å². The molecule has 0 unspecified atom stereocenters. The van der Waals surface area contributed by atoms with Crippen molar-refractivity contribution >= 4 is 17.5 Å². The van der Waals surface area contributed by atoms with Crippen molar-refractivity contribution in [3.05, 3.63) is 64.8 Å². The normalized spacial score (nSPS) is 14.9. The van der Waals surface area contributed by atoms with Crippen LogP contribution in [-0.4, -0.2) is 32.0 Å². The summed E-state index contributed by atoms with van der Waals surface area (Å²) in [7, 11) is 0. The largest absolute Gasteiger partial charge is 0.573 e. The van der Waals surface area contributed by atoms with Crippen LogP contribution in [0.2, 0.25) is 5.02 Å². The van der Waals surface area contributed by atoms with Gasteiger partial charge in [-0.1, -0.05) is 11.6 Å². The van der Waals surface area contributed by atoms with E-state index in [2.05, 4.69) is 25.1 Å². The molecule has 162 valence electrons. The Morgan fingerprint density at radius 3 is 2.68 bits per heavy atom. The zero-order valence-electron chi connectivity index (χ0n) is 16.2. The fourth-order valence-electron chi connectivity index (χ4n) is 3.16. The fraction of sp³-hybridized carbons (Fsp3) is 0.300. The van der Waals surface area contributed by atoms with Crippen LogP contribution in [0.5, 0.6) is 5.75 Å². The molecule has 1 N–H and O–H groups in total. The third-order valence-electron chi connectivity index (χ3n) is 4.71. The number of nitrogens with one attached hydrogen (secondary N) is 1. The predicted octanol–water partition coefficient (Wildman–Crippen LogP) is 4.58. The van der Waals surface area contributed by atoms with Crippen LogP contribution in [0.15, 0.2) is 42.9 Å². The van der Waals surface area contributed by atoms with Crippen molar-refractivity contribution in [3.63, 3.8) is 0 Å².